The molecule has 2 unspecified atom stereocenters. The topological polar surface area (TPSA) is 37.3 Å². The number of carboxylic acid groups (broad SMARTS) is 1. The van der Waals surface area contributed by atoms with Gasteiger partial charge in [-0.3, -0.25) is 4.79 Å². The molecule has 0 heterocycles. The Balaban J connectivity index is 2.05. The van der Waals surface area contributed by atoms with Crippen molar-refractivity contribution in [1.29, 1.82) is 0 Å². The van der Waals surface area contributed by atoms with E-state index in [-0.39, 0.29) is 11.2 Å². The number of carboxylic acids is 1. The van der Waals surface area contributed by atoms with Gasteiger partial charge in [-0.25, -0.2) is 0 Å². The van der Waals surface area contributed by atoms with E-state index in [4.69, 9.17) is 0 Å². The van der Waals surface area contributed by atoms with Crippen LogP contribution in [0.3, 0.4) is 0 Å². The number of rotatable bonds is 3. The molecule has 0 saturated heterocycles. The Kier molecular flexibility index (Phi) is 4.51. The van der Waals surface area contributed by atoms with Crippen molar-refractivity contribution in [2.75, 3.05) is 0 Å². The summed E-state index contributed by atoms with van der Waals surface area (Å²) in [6.07, 6.45) is 4.04. The zero-order valence-electron chi connectivity index (χ0n) is 9.43. The molecule has 0 aliphatic heterocycles. The lowest BCUT2D eigenvalue weighted by atomic mass is 9.89. The minimum atomic E-state index is -0.640. The van der Waals surface area contributed by atoms with E-state index in [2.05, 4.69) is 15.9 Å². The second-order valence-corrected chi connectivity index (χ2v) is 6.57. The second-order valence-electron chi connectivity index (χ2n) is 4.34. The summed E-state index contributed by atoms with van der Waals surface area (Å²) in [5.74, 6) is -0.822. The van der Waals surface area contributed by atoms with Crippen molar-refractivity contribution in [2.24, 2.45) is 5.92 Å². The van der Waals surface area contributed by atoms with Crippen LogP contribution in [0.2, 0.25) is 0 Å². The molecule has 0 amide bonds. The smallest absolute Gasteiger partial charge is 0.307 e. The van der Waals surface area contributed by atoms with Crippen molar-refractivity contribution >= 4 is 33.7 Å². The predicted octanol–water partition coefficient (Wildman–Crippen LogP) is 4.18. The quantitative estimate of drug-likeness (QED) is 0.909. The normalized spacial score (nSPS) is 24.5. The van der Waals surface area contributed by atoms with E-state index in [1.807, 2.05) is 24.3 Å². The molecule has 2 nitrogen and oxygen atoms in total. The highest BCUT2D eigenvalue weighted by atomic mass is 79.9. The first kappa shape index (κ1) is 13.0. The van der Waals surface area contributed by atoms with Crippen LogP contribution in [0.1, 0.15) is 25.7 Å². The molecule has 1 N–H and O–H groups in total. The maximum Gasteiger partial charge on any atom is 0.307 e. The fraction of sp³-hybridized carbons (Fsp3) is 0.462. The summed E-state index contributed by atoms with van der Waals surface area (Å²) in [6, 6.07) is 8.09. The van der Waals surface area contributed by atoms with Gasteiger partial charge in [0.1, 0.15) is 0 Å². The van der Waals surface area contributed by atoms with Crippen LogP contribution in [-0.2, 0) is 4.79 Å². The van der Waals surface area contributed by atoms with Crippen LogP contribution in [0.4, 0.5) is 0 Å². The highest BCUT2D eigenvalue weighted by Crippen LogP contribution is 2.37. The van der Waals surface area contributed by atoms with Gasteiger partial charge in [0.2, 0.25) is 0 Å². The van der Waals surface area contributed by atoms with E-state index >= 15 is 0 Å². The highest BCUT2D eigenvalue weighted by Gasteiger charge is 2.31. The molecular weight excluding hydrogens is 300 g/mol. The monoisotopic (exact) mass is 314 g/mol. The summed E-state index contributed by atoms with van der Waals surface area (Å²) in [6.45, 7) is 0. The third-order valence-corrected chi connectivity index (χ3v) is 5.06. The van der Waals surface area contributed by atoms with Crippen molar-refractivity contribution in [3.05, 3.63) is 28.7 Å². The lowest BCUT2D eigenvalue weighted by Gasteiger charge is -2.27. The first-order chi connectivity index (χ1) is 8.16. The summed E-state index contributed by atoms with van der Waals surface area (Å²) in [4.78, 5) is 12.3. The molecule has 17 heavy (non-hydrogen) atoms. The molecule has 1 aromatic carbocycles. The molecule has 1 aliphatic carbocycles. The fourth-order valence-corrected chi connectivity index (χ4v) is 3.82. The molecule has 0 aromatic heterocycles. The number of carbonyl (C=O) groups is 1. The molecule has 0 radical (unpaired) electrons. The zero-order chi connectivity index (χ0) is 12.3. The van der Waals surface area contributed by atoms with E-state index in [1.54, 1.807) is 11.8 Å². The number of aliphatic carboxylic acids is 1. The standard InChI is InChI=1S/C13H15BrO2S/c14-9-5-7-10(8-6-9)17-12-4-2-1-3-11(12)13(15)16/h5-8,11-12H,1-4H2,(H,15,16). The third-order valence-electron chi connectivity index (χ3n) is 3.12. The molecule has 2 atom stereocenters. The van der Waals surface area contributed by atoms with Crippen LogP contribution < -0.4 is 0 Å². The maximum atomic E-state index is 11.2. The van der Waals surface area contributed by atoms with Gasteiger partial charge >= 0.3 is 5.97 Å². The molecule has 92 valence electrons. The molecular formula is C13H15BrO2S. The molecule has 1 aromatic rings. The second kappa shape index (κ2) is 5.91. The van der Waals surface area contributed by atoms with Crippen LogP contribution >= 0.6 is 27.7 Å². The third kappa shape index (κ3) is 3.49. The van der Waals surface area contributed by atoms with Gasteiger partial charge in [-0.1, -0.05) is 28.8 Å². The summed E-state index contributed by atoms with van der Waals surface area (Å²) < 4.78 is 1.06. The predicted molar refractivity (Wildman–Crippen MR) is 73.4 cm³/mol. The summed E-state index contributed by atoms with van der Waals surface area (Å²) in [7, 11) is 0. The fourth-order valence-electron chi connectivity index (χ4n) is 2.21. The van der Waals surface area contributed by atoms with E-state index in [0.29, 0.717) is 0 Å². The Hall–Kier alpha value is -0.480. The molecule has 1 fully saturated rings. The number of hydrogen-bond acceptors (Lipinski definition) is 2. The van der Waals surface area contributed by atoms with Gasteiger partial charge in [-0.05, 0) is 37.1 Å². The Morgan fingerprint density at radius 2 is 1.88 bits per heavy atom. The Labute approximate surface area is 114 Å². The molecule has 0 spiro atoms. The Morgan fingerprint density at radius 3 is 2.53 bits per heavy atom. The van der Waals surface area contributed by atoms with Crippen molar-refractivity contribution < 1.29 is 9.90 Å². The van der Waals surface area contributed by atoms with Gasteiger partial charge in [0.25, 0.3) is 0 Å². The van der Waals surface area contributed by atoms with Crippen LogP contribution in [0, 0.1) is 5.92 Å². The van der Waals surface area contributed by atoms with Gasteiger partial charge in [0.05, 0.1) is 5.92 Å². The van der Waals surface area contributed by atoms with Crippen molar-refractivity contribution in [2.45, 2.75) is 35.8 Å². The lowest BCUT2D eigenvalue weighted by Crippen LogP contribution is -2.28. The molecule has 1 aliphatic rings. The number of thioether (sulfide) groups is 1. The maximum absolute atomic E-state index is 11.2. The van der Waals surface area contributed by atoms with Gasteiger partial charge < -0.3 is 5.11 Å². The summed E-state index contributed by atoms with van der Waals surface area (Å²) >= 11 is 5.11. The average Bonchev–Trinajstić information content (AvgIpc) is 2.32. The van der Waals surface area contributed by atoms with Crippen molar-refractivity contribution in [3.63, 3.8) is 0 Å². The minimum absolute atomic E-state index is 0.183. The molecule has 0 bridgehead atoms. The van der Waals surface area contributed by atoms with E-state index in [9.17, 15) is 9.90 Å². The van der Waals surface area contributed by atoms with Gasteiger partial charge in [-0.2, -0.15) is 0 Å². The zero-order valence-corrected chi connectivity index (χ0v) is 11.8. The first-order valence-electron chi connectivity index (χ1n) is 5.82. The Bertz CT molecular complexity index is 391. The van der Waals surface area contributed by atoms with E-state index in [0.717, 1.165) is 35.1 Å². The molecule has 4 heteroatoms. The lowest BCUT2D eigenvalue weighted by molar-refractivity contribution is -0.142. The van der Waals surface area contributed by atoms with Gasteiger partial charge in [0.15, 0.2) is 0 Å². The SMILES string of the molecule is O=C(O)C1CCCCC1Sc1ccc(Br)cc1. The average molecular weight is 315 g/mol. The summed E-state index contributed by atoms with van der Waals surface area (Å²) in [5, 5.41) is 9.43. The largest absolute Gasteiger partial charge is 0.481 e. The van der Waals surface area contributed by atoms with Crippen LogP contribution in [-0.4, -0.2) is 16.3 Å². The highest BCUT2D eigenvalue weighted by molar-refractivity contribution is 9.10. The molecule has 1 saturated carbocycles. The number of hydrogen-bond donors (Lipinski definition) is 1. The summed E-state index contributed by atoms with van der Waals surface area (Å²) in [5.41, 5.74) is 0. The van der Waals surface area contributed by atoms with Crippen molar-refractivity contribution in [3.8, 4) is 0 Å². The van der Waals surface area contributed by atoms with E-state index < -0.39 is 5.97 Å². The molecule has 2 rings (SSSR count). The number of halogens is 1. The van der Waals surface area contributed by atoms with Gasteiger partial charge in [-0.15, -0.1) is 11.8 Å². The van der Waals surface area contributed by atoms with Gasteiger partial charge in [0, 0.05) is 14.6 Å². The van der Waals surface area contributed by atoms with E-state index in [1.165, 1.54) is 0 Å². The Morgan fingerprint density at radius 1 is 1.24 bits per heavy atom. The van der Waals surface area contributed by atoms with Crippen LogP contribution in [0.5, 0.6) is 0 Å². The number of benzene rings is 1. The van der Waals surface area contributed by atoms with Crippen LogP contribution in [0.25, 0.3) is 0 Å². The van der Waals surface area contributed by atoms with Crippen LogP contribution in [0.15, 0.2) is 33.6 Å². The minimum Gasteiger partial charge on any atom is -0.481 e. The van der Waals surface area contributed by atoms with Crippen molar-refractivity contribution in [1.82, 2.24) is 0 Å². The first-order valence-corrected chi connectivity index (χ1v) is 7.49.